The molecule has 2 fully saturated rings. The first-order valence-electron chi connectivity index (χ1n) is 12.4. The van der Waals surface area contributed by atoms with Gasteiger partial charge in [-0.25, -0.2) is 9.37 Å². The number of piperazine rings is 1. The van der Waals surface area contributed by atoms with Crippen molar-refractivity contribution in [3.63, 3.8) is 0 Å². The molecule has 2 saturated heterocycles. The highest BCUT2D eigenvalue weighted by Crippen LogP contribution is 2.49. The Morgan fingerprint density at radius 3 is 2.66 bits per heavy atom. The van der Waals surface area contributed by atoms with Gasteiger partial charge >= 0.3 is 0 Å². The van der Waals surface area contributed by atoms with Crippen LogP contribution in [0.1, 0.15) is 37.6 Å². The van der Waals surface area contributed by atoms with Gasteiger partial charge < -0.3 is 29.6 Å². The molecule has 202 valence electrons. The maximum atomic E-state index is 15.0. The monoisotopic (exact) mass is 544 g/mol. The lowest BCUT2D eigenvalue weighted by atomic mass is 9.94. The first-order chi connectivity index (χ1) is 17.8. The second-order valence-corrected chi connectivity index (χ2v) is 11.3. The second-order valence-electron chi connectivity index (χ2n) is 11.0. The van der Waals surface area contributed by atoms with Crippen LogP contribution in [-0.2, 0) is 4.79 Å². The number of fused-ring (bicyclic) bond motifs is 2. The third kappa shape index (κ3) is 4.25. The minimum Gasteiger partial charge on any atom is -0.507 e. The summed E-state index contributed by atoms with van der Waals surface area (Å²) in [5.41, 5.74) is -1.90. The Labute approximate surface area is 225 Å². The van der Waals surface area contributed by atoms with Crippen LogP contribution < -0.4 is 9.64 Å². The van der Waals surface area contributed by atoms with E-state index < -0.39 is 23.0 Å². The zero-order valence-corrected chi connectivity index (χ0v) is 22.3. The predicted octanol–water partition coefficient (Wildman–Crippen LogP) is 3.22. The maximum Gasteiger partial charge on any atom is 0.261 e. The van der Waals surface area contributed by atoms with Crippen LogP contribution in [0.15, 0.2) is 30.9 Å². The number of ether oxygens (including phenoxy) is 1. The van der Waals surface area contributed by atoms with Gasteiger partial charge in [-0.05, 0) is 39.0 Å². The van der Waals surface area contributed by atoms with E-state index in [1.54, 1.807) is 16.7 Å². The number of halogens is 2. The summed E-state index contributed by atoms with van der Waals surface area (Å²) in [5.74, 6) is -1.53. The fraction of sp³-hybridized carbons (Fsp3) is 0.444. The summed E-state index contributed by atoms with van der Waals surface area (Å²) < 4.78 is 21.2. The van der Waals surface area contributed by atoms with E-state index in [2.05, 4.69) is 11.6 Å². The third-order valence-electron chi connectivity index (χ3n) is 7.47. The molecule has 11 heteroatoms. The number of nitrogens with zero attached hydrogens (tertiary/aromatic N) is 4. The molecule has 9 nitrogen and oxygen atoms in total. The van der Waals surface area contributed by atoms with E-state index in [4.69, 9.17) is 16.3 Å². The SMILES string of the molecule is C=CC(=O)N1CCN2C(=O)c3c(N4CC(C)(O)CC4(C)C)nc(-c4c(O)cccc4F)c(Cl)c3OC[C@H]2C1. The molecule has 2 aromatic rings. The number of benzene rings is 1. The topological polar surface area (TPSA) is 106 Å². The van der Waals surface area contributed by atoms with E-state index in [1.165, 1.54) is 24.3 Å². The maximum absolute atomic E-state index is 15.0. The summed E-state index contributed by atoms with van der Waals surface area (Å²) in [4.78, 5) is 36.1. The van der Waals surface area contributed by atoms with Gasteiger partial charge in [0.2, 0.25) is 5.91 Å². The van der Waals surface area contributed by atoms with Gasteiger partial charge in [-0.3, -0.25) is 9.59 Å². The molecule has 3 aliphatic rings. The number of aromatic hydroxyl groups is 1. The van der Waals surface area contributed by atoms with Crippen molar-refractivity contribution in [3.05, 3.63) is 47.3 Å². The van der Waals surface area contributed by atoms with Crippen LogP contribution in [0.25, 0.3) is 11.3 Å². The molecule has 1 aromatic heterocycles. The first kappa shape index (κ1) is 26.2. The number of pyridine rings is 1. The number of phenols is 1. The van der Waals surface area contributed by atoms with Crippen LogP contribution in [0.5, 0.6) is 11.5 Å². The molecular weight excluding hydrogens is 515 g/mol. The van der Waals surface area contributed by atoms with Gasteiger partial charge in [0.15, 0.2) is 5.75 Å². The Morgan fingerprint density at radius 2 is 2.03 bits per heavy atom. The molecule has 1 unspecified atom stereocenters. The second kappa shape index (κ2) is 9.13. The Kier molecular flexibility index (Phi) is 6.30. The van der Waals surface area contributed by atoms with E-state index >= 15 is 4.39 Å². The minimum atomic E-state index is -1.08. The van der Waals surface area contributed by atoms with Gasteiger partial charge in [0, 0.05) is 38.1 Å². The average molecular weight is 545 g/mol. The van der Waals surface area contributed by atoms with E-state index in [9.17, 15) is 19.8 Å². The average Bonchev–Trinajstić information content (AvgIpc) is 2.98. The standard InChI is InChI=1S/C27H30ClFN4O5/c1-5-18(35)31-9-10-32-15(11-31)12-38-23-20(25(32)36)24(33-14-27(4,37)13-26(33,2)3)30-22(21(23)28)19-16(29)7-6-8-17(19)34/h5-8,15,34,37H,1,9-14H2,2-4H3/t15-,27?/m1/s1. The fourth-order valence-corrected chi connectivity index (χ4v) is 6.17. The lowest BCUT2D eigenvalue weighted by molar-refractivity contribution is -0.128. The zero-order valence-electron chi connectivity index (χ0n) is 21.5. The molecule has 0 aliphatic carbocycles. The molecular formula is C27H30ClFN4O5. The molecule has 2 amide bonds. The van der Waals surface area contributed by atoms with Crippen LogP contribution in [0, 0.1) is 5.82 Å². The highest BCUT2D eigenvalue weighted by molar-refractivity contribution is 6.35. The van der Waals surface area contributed by atoms with E-state index in [-0.39, 0.29) is 77.2 Å². The van der Waals surface area contributed by atoms with Crippen molar-refractivity contribution in [2.24, 2.45) is 0 Å². The largest absolute Gasteiger partial charge is 0.507 e. The molecule has 2 N–H and O–H groups in total. The number of rotatable bonds is 3. The lowest BCUT2D eigenvalue weighted by Gasteiger charge is -2.40. The molecule has 4 heterocycles. The van der Waals surface area contributed by atoms with Crippen LogP contribution in [0.3, 0.4) is 0 Å². The first-order valence-corrected chi connectivity index (χ1v) is 12.8. The van der Waals surface area contributed by atoms with Gasteiger partial charge in [0.05, 0.1) is 17.2 Å². The van der Waals surface area contributed by atoms with Crippen molar-refractivity contribution >= 4 is 29.2 Å². The van der Waals surface area contributed by atoms with Crippen LogP contribution in [0.2, 0.25) is 5.02 Å². The zero-order chi connectivity index (χ0) is 27.6. The van der Waals surface area contributed by atoms with Crippen molar-refractivity contribution in [3.8, 4) is 22.8 Å². The van der Waals surface area contributed by atoms with Crippen LogP contribution in [-0.4, -0.2) is 86.8 Å². The number of hydrogen-bond acceptors (Lipinski definition) is 7. The van der Waals surface area contributed by atoms with Gasteiger partial charge in [-0.2, -0.15) is 0 Å². The number of carbonyl (C=O) groups excluding carboxylic acids is 2. The fourth-order valence-electron chi connectivity index (χ4n) is 5.88. The third-order valence-corrected chi connectivity index (χ3v) is 7.82. The Bertz CT molecular complexity index is 1330. The Morgan fingerprint density at radius 1 is 1.29 bits per heavy atom. The summed E-state index contributed by atoms with van der Waals surface area (Å²) in [7, 11) is 0. The van der Waals surface area contributed by atoms with Crippen LogP contribution >= 0.6 is 11.6 Å². The normalized spacial score (nSPS) is 24.4. The molecule has 3 aliphatic heterocycles. The van der Waals surface area contributed by atoms with Crippen molar-refractivity contribution < 1.29 is 28.9 Å². The number of aliphatic hydroxyl groups is 1. The van der Waals surface area contributed by atoms with Crippen LogP contribution in [0.4, 0.5) is 10.2 Å². The smallest absolute Gasteiger partial charge is 0.261 e. The summed E-state index contributed by atoms with van der Waals surface area (Å²) >= 11 is 6.77. The lowest BCUT2D eigenvalue weighted by Crippen LogP contribution is -2.57. The van der Waals surface area contributed by atoms with Gasteiger partial charge in [-0.1, -0.05) is 24.2 Å². The molecule has 0 saturated carbocycles. The summed E-state index contributed by atoms with van der Waals surface area (Å²) in [6, 6.07) is 3.41. The van der Waals surface area contributed by atoms with E-state index in [1.807, 2.05) is 18.7 Å². The molecule has 0 radical (unpaired) electrons. The summed E-state index contributed by atoms with van der Waals surface area (Å²) in [6.07, 6.45) is 1.62. The van der Waals surface area contributed by atoms with Crippen molar-refractivity contribution in [1.29, 1.82) is 0 Å². The molecule has 38 heavy (non-hydrogen) atoms. The van der Waals surface area contributed by atoms with Crippen molar-refractivity contribution in [2.45, 2.75) is 44.4 Å². The van der Waals surface area contributed by atoms with Gasteiger partial charge in [0.25, 0.3) is 5.91 Å². The Balaban J connectivity index is 1.71. The quantitative estimate of drug-likeness (QED) is 0.571. The van der Waals surface area contributed by atoms with Crippen molar-refractivity contribution in [2.75, 3.05) is 37.7 Å². The number of β-amino-alcohol motifs (C(OH)–C–C–N with tert-alkyl or cyclic N) is 1. The molecule has 2 atom stereocenters. The van der Waals surface area contributed by atoms with Gasteiger partial charge in [-0.15, -0.1) is 0 Å². The summed E-state index contributed by atoms with van der Waals surface area (Å²) in [5, 5.41) is 21.4. The summed E-state index contributed by atoms with van der Waals surface area (Å²) in [6.45, 7) is 10.1. The Hall–Kier alpha value is -3.37. The number of carbonyl (C=O) groups is 2. The number of phenolic OH excluding ortho intramolecular Hbond substituents is 1. The predicted molar refractivity (Wildman–Crippen MR) is 140 cm³/mol. The number of amides is 2. The van der Waals surface area contributed by atoms with Crippen molar-refractivity contribution in [1.82, 2.24) is 14.8 Å². The van der Waals surface area contributed by atoms with E-state index in [0.717, 1.165) is 0 Å². The van der Waals surface area contributed by atoms with E-state index in [0.29, 0.717) is 13.0 Å². The number of anilines is 1. The highest BCUT2D eigenvalue weighted by Gasteiger charge is 2.49. The molecule has 5 rings (SSSR count). The molecule has 0 spiro atoms. The molecule has 1 aromatic carbocycles. The molecule has 0 bridgehead atoms. The minimum absolute atomic E-state index is 0.0256. The highest BCUT2D eigenvalue weighted by atomic mass is 35.5. The number of hydrogen-bond donors (Lipinski definition) is 2. The number of aromatic nitrogens is 1. The van der Waals surface area contributed by atoms with Gasteiger partial charge in [0.1, 0.15) is 40.3 Å².